The van der Waals surface area contributed by atoms with Crippen molar-refractivity contribution in [1.29, 1.82) is 0 Å². The monoisotopic (exact) mass is 286 g/mol. The maximum Gasteiger partial charge on any atom is 0.251 e. The standard InChI is InChI=1S/C16H15FN2O2/c1-11-6-2-3-7-12(11)16(21)18-10-15(20)19-14-9-5-4-8-13(14)17/h2-9H,10H2,1H3,(H,18,21)(H,19,20). The quantitative estimate of drug-likeness (QED) is 0.907. The Morgan fingerprint density at radius 2 is 1.71 bits per heavy atom. The second-order valence-corrected chi connectivity index (χ2v) is 4.53. The predicted octanol–water partition coefficient (Wildman–Crippen LogP) is 2.50. The number of halogens is 1. The lowest BCUT2D eigenvalue weighted by molar-refractivity contribution is -0.115. The first-order chi connectivity index (χ1) is 10.1. The first-order valence-corrected chi connectivity index (χ1v) is 6.46. The van der Waals surface area contributed by atoms with Gasteiger partial charge in [-0.05, 0) is 30.7 Å². The Morgan fingerprint density at radius 1 is 1.05 bits per heavy atom. The van der Waals surface area contributed by atoms with E-state index in [9.17, 15) is 14.0 Å². The lowest BCUT2D eigenvalue weighted by Crippen LogP contribution is -2.33. The van der Waals surface area contributed by atoms with Gasteiger partial charge in [0.1, 0.15) is 5.82 Å². The number of hydrogen-bond acceptors (Lipinski definition) is 2. The first kappa shape index (κ1) is 14.7. The minimum atomic E-state index is -0.518. The topological polar surface area (TPSA) is 58.2 Å². The summed E-state index contributed by atoms with van der Waals surface area (Å²) in [5, 5.41) is 4.91. The molecule has 2 aromatic carbocycles. The number of anilines is 1. The minimum absolute atomic E-state index is 0.0904. The molecule has 0 aliphatic rings. The van der Waals surface area contributed by atoms with Crippen LogP contribution in [0.5, 0.6) is 0 Å². The number of aryl methyl sites for hydroxylation is 1. The normalized spacial score (nSPS) is 10.0. The number of para-hydroxylation sites is 1. The van der Waals surface area contributed by atoms with Crippen molar-refractivity contribution in [3.63, 3.8) is 0 Å². The molecule has 0 fully saturated rings. The summed E-state index contributed by atoms with van der Waals surface area (Å²) < 4.78 is 13.4. The maximum absolute atomic E-state index is 13.4. The third-order valence-electron chi connectivity index (χ3n) is 2.95. The number of benzene rings is 2. The van der Waals surface area contributed by atoms with E-state index in [1.807, 2.05) is 19.1 Å². The molecule has 4 nitrogen and oxygen atoms in total. The molecule has 2 aromatic rings. The van der Waals surface area contributed by atoms with Gasteiger partial charge < -0.3 is 10.6 Å². The van der Waals surface area contributed by atoms with E-state index < -0.39 is 11.7 Å². The van der Waals surface area contributed by atoms with Gasteiger partial charge in [-0.3, -0.25) is 9.59 Å². The summed E-state index contributed by atoms with van der Waals surface area (Å²) in [6, 6.07) is 12.9. The molecule has 0 saturated carbocycles. The molecule has 0 unspecified atom stereocenters. The Labute approximate surface area is 122 Å². The van der Waals surface area contributed by atoms with Gasteiger partial charge in [-0.1, -0.05) is 30.3 Å². The van der Waals surface area contributed by atoms with Gasteiger partial charge >= 0.3 is 0 Å². The average molecular weight is 286 g/mol. The summed E-state index contributed by atoms with van der Waals surface area (Å²) in [5.74, 6) is -1.34. The summed E-state index contributed by atoms with van der Waals surface area (Å²) in [5.41, 5.74) is 1.42. The Bertz CT molecular complexity index is 671. The molecule has 0 aromatic heterocycles. The van der Waals surface area contributed by atoms with Crippen molar-refractivity contribution >= 4 is 17.5 Å². The highest BCUT2D eigenvalue weighted by molar-refractivity contribution is 6.00. The SMILES string of the molecule is Cc1ccccc1C(=O)NCC(=O)Nc1ccccc1F. The molecule has 108 valence electrons. The van der Waals surface area contributed by atoms with Gasteiger partial charge in [0.05, 0.1) is 12.2 Å². The number of amides is 2. The molecule has 21 heavy (non-hydrogen) atoms. The van der Waals surface area contributed by atoms with E-state index in [0.29, 0.717) is 5.56 Å². The smallest absolute Gasteiger partial charge is 0.251 e. The van der Waals surface area contributed by atoms with Crippen LogP contribution in [0.1, 0.15) is 15.9 Å². The predicted molar refractivity (Wildman–Crippen MR) is 78.5 cm³/mol. The van der Waals surface area contributed by atoms with Gasteiger partial charge in [0.25, 0.3) is 5.91 Å². The number of carbonyl (C=O) groups excluding carboxylic acids is 2. The van der Waals surface area contributed by atoms with E-state index in [0.717, 1.165) is 5.56 Å². The van der Waals surface area contributed by atoms with E-state index >= 15 is 0 Å². The molecule has 0 saturated heterocycles. The molecule has 0 aliphatic carbocycles. The Morgan fingerprint density at radius 3 is 2.43 bits per heavy atom. The van der Waals surface area contributed by atoms with Crippen molar-refractivity contribution in [3.8, 4) is 0 Å². The fourth-order valence-corrected chi connectivity index (χ4v) is 1.84. The van der Waals surface area contributed by atoms with Gasteiger partial charge in [-0.2, -0.15) is 0 Å². The van der Waals surface area contributed by atoms with Crippen LogP contribution in [0.4, 0.5) is 10.1 Å². The van der Waals surface area contributed by atoms with Crippen LogP contribution >= 0.6 is 0 Å². The van der Waals surface area contributed by atoms with E-state index in [-0.39, 0.29) is 18.1 Å². The highest BCUT2D eigenvalue weighted by Gasteiger charge is 2.11. The fourth-order valence-electron chi connectivity index (χ4n) is 1.84. The largest absolute Gasteiger partial charge is 0.343 e. The second kappa shape index (κ2) is 6.65. The van der Waals surface area contributed by atoms with Crippen LogP contribution in [0.25, 0.3) is 0 Å². The van der Waals surface area contributed by atoms with Crippen LogP contribution in [0, 0.1) is 12.7 Å². The van der Waals surface area contributed by atoms with Crippen LogP contribution in [-0.4, -0.2) is 18.4 Å². The van der Waals surface area contributed by atoms with Gasteiger partial charge in [-0.25, -0.2) is 4.39 Å². The molecule has 0 heterocycles. The van der Waals surface area contributed by atoms with Crippen molar-refractivity contribution in [2.45, 2.75) is 6.92 Å². The molecular weight excluding hydrogens is 271 g/mol. The Hall–Kier alpha value is -2.69. The summed E-state index contributed by atoms with van der Waals surface area (Å²) >= 11 is 0. The van der Waals surface area contributed by atoms with Crippen molar-refractivity contribution < 1.29 is 14.0 Å². The Kier molecular flexibility index (Phi) is 4.66. The number of nitrogens with one attached hydrogen (secondary N) is 2. The van der Waals surface area contributed by atoms with Gasteiger partial charge in [-0.15, -0.1) is 0 Å². The molecule has 2 rings (SSSR count). The summed E-state index contributed by atoms with van der Waals surface area (Å²) in [6.45, 7) is 1.59. The summed E-state index contributed by atoms with van der Waals surface area (Å²) in [4.78, 5) is 23.6. The Balaban J connectivity index is 1.91. The number of hydrogen-bond donors (Lipinski definition) is 2. The van der Waals surface area contributed by atoms with Gasteiger partial charge in [0.2, 0.25) is 5.91 Å². The maximum atomic E-state index is 13.4. The zero-order valence-corrected chi connectivity index (χ0v) is 11.5. The molecule has 0 bridgehead atoms. The van der Waals surface area contributed by atoms with E-state index in [2.05, 4.69) is 10.6 Å². The summed E-state index contributed by atoms with van der Waals surface area (Å²) in [7, 11) is 0. The first-order valence-electron chi connectivity index (χ1n) is 6.46. The van der Waals surface area contributed by atoms with Gasteiger partial charge in [0.15, 0.2) is 0 Å². The van der Waals surface area contributed by atoms with Gasteiger partial charge in [0, 0.05) is 5.56 Å². The van der Waals surface area contributed by atoms with Crippen molar-refractivity contribution in [3.05, 3.63) is 65.5 Å². The highest BCUT2D eigenvalue weighted by Crippen LogP contribution is 2.12. The highest BCUT2D eigenvalue weighted by atomic mass is 19.1. The van der Waals surface area contributed by atoms with E-state index in [1.54, 1.807) is 18.2 Å². The van der Waals surface area contributed by atoms with Crippen LogP contribution < -0.4 is 10.6 Å². The van der Waals surface area contributed by atoms with Crippen molar-refractivity contribution in [2.24, 2.45) is 0 Å². The number of carbonyl (C=O) groups is 2. The summed E-state index contributed by atoms with van der Waals surface area (Å²) in [6.07, 6.45) is 0. The van der Waals surface area contributed by atoms with Crippen LogP contribution in [-0.2, 0) is 4.79 Å². The van der Waals surface area contributed by atoms with Crippen LogP contribution in [0.2, 0.25) is 0 Å². The second-order valence-electron chi connectivity index (χ2n) is 4.53. The molecular formula is C16H15FN2O2. The molecule has 0 aliphatic heterocycles. The molecule has 2 N–H and O–H groups in total. The van der Waals surface area contributed by atoms with Crippen molar-refractivity contribution in [2.75, 3.05) is 11.9 Å². The third-order valence-corrected chi connectivity index (χ3v) is 2.95. The number of rotatable bonds is 4. The molecule has 0 radical (unpaired) electrons. The zero-order valence-electron chi connectivity index (χ0n) is 11.5. The lowest BCUT2D eigenvalue weighted by Gasteiger charge is -2.09. The van der Waals surface area contributed by atoms with Crippen LogP contribution in [0.15, 0.2) is 48.5 Å². The van der Waals surface area contributed by atoms with E-state index in [1.165, 1.54) is 18.2 Å². The van der Waals surface area contributed by atoms with Crippen LogP contribution in [0.3, 0.4) is 0 Å². The molecule has 0 spiro atoms. The molecule has 2 amide bonds. The minimum Gasteiger partial charge on any atom is -0.343 e. The van der Waals surface area contributed by atoms with E-state index in [4.69, 9.17) is 0 Å². The lowest BCUT2D eigenvalue weighted by atomic mass is 10.1. The third kappa shape index (κ3) is 3.89. The molecule has 0 atom stereocenters. The average Bonchev–Trinajstić information content (AvgIpc) is 2.48. The fraction of sp³-hybridized carbons (Fsp3) is 0.125. The van der Waals surface area contributed by atoms with Crippen molar-refractivity contribution in [1.82, 2.24) is 5.32 Å². The molecule has 5 heteroatoms. The zero-order chi connectivity index (χ0) is 15.2.